The van der Waals surface area contributed by atoms with Crippen molar-refractivity contribution >= 4 is 34.9 Å². The molecule has 2 aromatic rings. The van der Waals surface area contributed by atoms with E-state index in [0.717, 1.165) is 12.8 Å². The molecule has 0 aliphatic carbocycles. The Morgan fingerprint density at radius 2 is 2.15 bits per heavy atom. The summed E-state index contributed by atoms with van der Waals surface area (Å²) in [5.41, 5.74) is 0. The van der Waals surface area contributed by atoms with Crippen molar-refractivity contribution in [2.24, 2.45) is 13.0 Å². The lowest BCUT2D eigenvalue weighted by Crippen LogP contribution is -2.44. The summed E-state index contributed by atoms with van der Waals surface area (Å²) in [6, 6.07) is 4.84. The van der Waals surface area contributed by atoms with Crippen molar-refractivity contribution in [2.45, 2.75) is 12.8 Å². The molecule has 1 fully saturated rings. The molecule has 1 aromatic heterocycles. The van der Waals surface area contributed by atoms with Crippen LogP contribution in [0.3, 0.4) is 0 Å². The number of ether oxygens (including phenoxy) is 1. The largest absolute Gasteiger partial charge is 0.482 e. The second kappa shape index (κ2) is 8.10. The number of likely N-dealkylation sites (tertiary alicyclic amines) is 1. The van der Waals surface area contributed by atoms with E-state index >= 15 is 0 Å². The van der Waals surface area contributed by atoms with Crippen LogP contribution in [-0.2, 0) is 11.8 Å². The lowest BCUT2D eigenvalue weighted by molar-refractivity contribution is -0.134. The van der Waals surface area contributed by atoms with Crippen LogP contribution in [-0.4, -0.2) is 45.8 Å². The number of hydrogen-bond acceptors (Lipinski definition) is 4. The topological polar surface area (TPSA) is 64.4 Å². The third kappa shape index (κ3) is 4.19. The molecule has 8 heteroatoms. The Morgan fingerprint density at radius 3 is 2.85 bits per heavy atom. The van der Waals surface area contributed by atoms with E-state index in [1.54, 1.807) is 47.1 Å². The Labute approximate surface area is 161 Å². The molecular weight excluding hydrogens is 377 g/mol. The van der Waals surface area contributed by atoms with Crippen molar-refractivity contribution in [1.82, 2.24) is 14.5 Å². The maximum absolute atomic E-state index is 12.6. The fraction of sp³-hybridized carbons (Fsp3) is 0.389. The summed E-state index contributed by atoms with van der Waals surface area (Å²) in [5, 5.41) is 0.854. The lowest BCUT2D eigenvalue weighted by atomic mass is 9.93. The van der Waals surface area contributed by atoms with Gasteiger partial charge in [-0.05, 0) is 31.0 Å². The van der Waals surface area contributed by atoms with Gasteiger partial charge in [0.25, 0.3) is 5.91 Å². The first-order valence-corrected chi connectivity index (χ1v) is 9.08. The molecule has 0 saturated carbocycles. The molecule has 0 unspecified atom stereocenters. The summed E-state index contributed by atoms with van der Waals surface area (Å²) >= 11 is 11.9. The van der Waals surface area contributed by atoms with Gasteiger partial charge in [0.05, 0.1) is 5.02 Å². The van der Waals surface area contributed by atoms with Gasteiger partial charge in [-0.25, -0.2) is 4.98 Å². The number of ketones is 1. The van der Waals surface area contributed by atoms with Gasteiger partial charge >= 0.3 is 0 Å². The van der Waals surface area contributed by atoms with E-state index in [1.807, 2.05) is 0 Å². The molecule has 0 spiro atoms. The van der Waals surface area contributed by atoms with Gasteiger partial charge in [0, 0.05) is 43.5 Å². The summed E-state index contributed by atoms with van der Waals surface area (Å²) < 4.78 is 7.21. The Hall–Kier alpha value is -2.05. The minimum Gasteiger partial charge on any atom is -0.482 e. The average Bonchev–Trinajstić information content (AvgIpc) is 3.06. The molecule has 1 aliphatic heterocycles. The highest BCUT2D eigenvalue weighted by atomic mass is 35.5. The normalized spacial score (nSPS) is 17.2. The summed E-state index contributed by atoms with van der Waals surface area (Å²) in [7, 11) is 1.79. The minimum absolute atomic E-state index is 0.0309. The molecule has 3 rings (SSSR count). The van der Waals surface area contributed by atoms with E-state index in [9.17, 15) is 9.59 Å². The lowest BCUT2D eigenvalue weighted by Gasteiger charge is -2.31. The second-order valence-electron chi connectivity index (χ2n) is 6.27. The molecule has 1 saturated heterocycles. The van der Waals surface area contributed by atoms with Gasteiger partial charge in [-0.2, -0.15) is 0 Å². The molecule has 1 atom stereocenters. The fourth-order valence-corrected chi connectivity index (χ4v) is 3.49. The molecule has 1 amide bonds. The Kier molecular flexibility index (Phi) is 5.84. The monoisotopic (exact) mass is 395 g/mol. The molecule has 0 N–H and O–H groups in total. The predicted molar refractivity (Wildman–Crippen MR) is 98.8 cm³/mol. The molecule has 26 heavy (non-hydrogen) atoms. The number of carbonyl (C=O) groups excluding carboxylic acids is 2. The van der Waals surface area contributed by atoms with Gasteiger partial charge in [0.2, 0.25) is 5.78 Å². The molecule has 0 radical (unpaired) electrons. The first-order chi connectivity index (χ1) is 12.5. The number of Topliss-reactive ketones (excluding diaryl/α,β-unsaturated/α-hetero) is 1. The number of nitrogens with zero attached hydrogens (tertiary/aromatic N) is 3. The summed E-state index contributed by atoms with van der Waals surface area (Å²) in [5.74, 6) is 0.383. The number of hydrogen-bond donors (Lipinski definition) is 0. The first-order valence-electron chi connectivity index (χ1n) is 8.33. The Morgan fingerprint density at radius 1 is 1.35 bits per heavy atom. The van der Waals surface area contributed by atoms with Gasteiger partial charge in [-0.3, -0.25) is 9.59 Å². The third-order valence-corrected chi connectivity index (χ3v) is 4.96. The van der Waals surface area contributed by atoms with E-state index in [1.165, 1.54) is 0 Å². The number of halogens is 2. The van der Waals surface area contributed by atoms with Crippen molar-refractivity contribution in [1.29, 1.82) is 0 Å². The number of benzene rings is 1. The summed E-state index contributed by atoms with van der Waals surface area (Å²) in [6.45, 7) is 0.855. The molecule has 1 aliphatic rings. The van der Waals surface area contributed by atoms with Crippen molar-refractivity contribution in [3.8, 4) is 5.75 Å². The highest BCUT2D eigenvalue weighted by Gasteiger charge is 2.30. The number of amides is 1. The highest BCUT2D eigenvalue weighted by Crippen LogP contribution is 2.27. The molecule has 0 bridgehead atoms. The molecule has 138 valence electrons. The highest BCUT2D eigenvalue weighted by molar-refractivity contribution is 6.35. The van der Waals surface area contributed by atoms with Gasteiger partial charge in [-0.1, -0.05) is 23.2 Å². The fourth-order valence-electron chi connectivity index (χ4n) is 3.03. The number of aryl methyl sites for hydroxylation is 1. The first kappa shape index (κ1) is 18.7. The number of rotatable bonds is 5. The standard InChI is InChI=1S/C18H19Cl2N3O3/c1-22-8-6-21-18(22)17(25)12-3-2-7-23(10-12)16(24)11-26-15-5-4-13(19)9-14(15)20/h4-6,8-9,12H,2-3,7,10-11H2,1H3/t12-/m1/s1. The molecule has 6 nitrogen and oxygen atoms in total. The minimum atomic E-state index is -0.243. The zero-order valence-corrected chi connectivity index (χ0v) is 15.8. The van der Waals surface area contributed by atoms with E-state index in [2.05, 4.69) is 4.98 Å². The van der Waals surface area contributed by atoms with Crippen LogP contribution in [0.15, 0.2) is 30.6 Å². The van der Waals surface area contributed by atoms with Crippen LogP contribution in [0.1, 0.15) is 23.5 Å². The second-order valence-corrected chi connectivity index (χ2v) is 7.11. The predicted octanol–water partition coefficient (Wildman–Crippen LogP) is 3.23. The molecular formula is C18H19Cl2N3O3. The van der Waals surface area contributed by atoms with Gasteiger partial charge in [-0.15, -0.1) is 0 Å². The smallest absolute Gasteiger partial charge is 0.260 e. The van der Waals surface area contributed by atoms with Crippen LogP contribution in [0, 0.1) is 5.92 Å². The summed E-state index contributed by atoms with van der Waals surface area (Å²) in [6.07, 6.45) is 4.86. The number of aromatic nitrogens is 2. The third-order valence-electron chi connectivity index (χ3n) is 4.43. The van der Waals surface area contributed by atoms with E-state index in [-0.39, 0.29) is 24.2 Å². The van der Waals surface area contributed by atoms with E-state index < -0.39 is 0 Å². The maximum atomic E-state index is 12.6. The zero-order valence-electron chi connectivity index (χ0n) is 14.3. The van der Waals surface area contributed by atoms with Crippen LogP contribution in [0.5, 0.6) is 5.75 Å². The molecule has 2 heterocycles. The number of imidazole rings is 1. The average molecular weight is 396 g/mol. The van der Waals surface area contributed by atoms with Crippen LogP contribution >= 0.6 is 23.2 Å². The van der Waals surface area contributed by atoms with Crippen LogP contribution < -0.4 is 4.74 Å². The quantitative estimate of drug-likeness (QED) is 0.728. The van der Waals surface area contributed by atoms with E-state index in [4.69, 9.17) is 27.9 Å². The summed E-state index contributed by atoms with van der Waals surface area (Å²) in [4.78, 5) is 30.9. The van der Waals surface area contributed by atoms with Gasteiger partial charge in [0.1, 0.15) is 5.75 Å². The molecule has 1 aromatic carbocycles. The SMILES string of the molecule is Cn1ccnc1C(=O)[C@@H]1CCCN(C(=O)COc2ccc(Cl)cc2Cl)C1. The Balaban J connectivity index is 1.59. The van der Waals surface area contributed by atoms with Gasteiger partial charge < -0.3 is 14.2 Å². The van der Waals surface area contributed by atoms with Crippen LogP contribution in [0.4, 0.5) is 0 Å². The van der Waals surface area contributed by atoms with Crippen molar-refractivity contribution in [3.05, 3.63) is 46.5 Å². The van der Waals surface area contributed by atoms with E-state index in [0.29, 0.717) is 34.7 Å². The Bertz CT molecular complexity index is 822. The van der Waals surface area contributed by atoms with Gasteiger partial charge in [0.15, 0.2) is 12.4 Å². The maximum Gasteiger partial charge on any atom is 0.260 e. The van der Waals surface area contributed by atoms with Crippen LogP contribution in [0.2, 0.25) is 10.0 Å². The van der Waals surface area contributed by atoms with Crippen molar-refractivity contribution in [3.63, 3.8) is 0 Å². The van der Waals surface area contributed by atoms with Crippen molar-refractivity contribution in [2.75, 3.05) is 19.7 Å². The number of piperidine rings is 1. The van der Waals surface area contributed by atoms with Crippen molar-refractivity contribution < 1.29 is 14.3 Å². The zero-order chi connectivity index (χ0) is 18.7. The van der Waals surface area contributed by atoms with Crippen LogP contribution in [0.25, 0.3) is 0 Å². The number of carbonyl (C=O) groups is 2.